The maximum absolute atomic E-state index is 10.9. The molecule has 0 N–H and O–H groups in total. The third-order valence-corrected chi connectivity index (χ3v) is 3.17. The zero-order valence-electron chi connectivity index (χ0n) is 10.1. The Kier molecular flexibility index (Phi) is 4.15. The van der Waals surface area contributed by atoms with Crippen molar-refractivity contribution in [2.75, 3.05) is 19.8 Å². The molecule has 0 aromatic heterocycles. The van der Waals surface area contributed by atoms with Gasteiger partial charge in [-0.05, 0) is 37.3 Å². The second-order valence-corrected chi connectivity index (χ2v) is 4.48. The average molecular weight is 234 g/mol. The molecule has 1 aromatic carbocycles. The summed E-state index contributed by atoms with van der Waals surface area (Å²) in [5, 5.41) is 0. The molecule has 0 aliphatic carbocycles. The zero-order chi connectivity index (χ0) is 12.1. The van der Waals surface area contributed by atoms with Crippen LogP contribution in [0, 0.1) is 12.8 Å². The van der Waals surface area contributed by atoms with Gasteiger partial charge >= 0.3 is 0 Å². The summed E-state index contributed by atoms with van der Waals surface area (Å²) in [6.07, 6.45) is 2.94. The van der Waals surface area contributed by atoms with Crippen molar-refractivity contribution in [3.05, 3.63) is 29.3 Å². The molecule has 0 amide bonds. The molecule has 92 valence electrons. The molecule has 1 aromatic rings. The number of aryl methyl sites for hydroxylation is 1. The average Bonchev–Trinajstić information content (AvgIpc) is 2.38. The molecule has 0 saturated carbocycles. The Balaban J connectivity index is 2.00. The van der Waals surface area contributed by atoms with Crippen LogP contribution in [0.1, 0.15) is 28.8 Å². The van der Waals surface area contributed by atoms with E-state index in [0.717, 1.165) is 43.7 Å². The van der Waals surface area contributed by atoms with E-state index in [0.29, 0.717) is 18.1 Å². The van der Waals surface area contributed by atoms with Crippen molar-refractivity contribution < 1.29 is 14.3 Å². The van der Waals surface area contributed by atoms with Crippen LogP contribution < -0.4 is 4.74 Å². The number of carbonyl (C=O) groups excluding carboxylic acids is 1. The van der Waals surface area contributed by atoms with Crippen LogP contribution in [0.5, 0.6) is 5.75 Å². The van der Waals surface area contributed by atoms with Crippen molar-refractivity contribution in [3.8, 4) is 5.75 Å². The highest BCUT2D eigenvalue weighted by Gasteiger charge is 2.15. The summed E-state index contributed by atoms with van der Waals surface area (Å²) in [6.45, 7) is 4.28. The number of benzene rings is 1. The highest BCUT2D eigenvalue weighted by molar-refractivity contribution is 5.80. The van der Waals surface area contributed by atoms with Crippen LogP contribution in [-0.4, -0.2) is 26.1 Å². The Labute approximate surface area is 102 Å². The number of rotatable bonds is 4. The molecular formula is C14H18O3. The van der Waals surface area contributed by atoms with Gasteiger partial charge in [-0.3, -0.25) is 4.79 Å². The second kappa shape index (κ2) is 5.82. The first-order chi connectivity index (χ1) is 8.31. The van der Waals surface area contributed by atoms with Crippen LogP contribution in [0.3, 0.4) is 0 Å². The summed E-state index contributed by atoms with van der Waals surface area (Å²) < 4.78 is 11.1. The lowest BCUT2D eigenvalue weighted by atomic mass is 10.0. The van der Waals surface area contributed by atoms with E-state index in [-0.39, 0.29) is 0 Å². The predicted octanol–water partition coefficient (Wildman–Crippen LogP) is 2.61. The van der Waals surface area contributed by atoms with Gasteiger partial charge in [0.1, 0.15) is 5.75 Å². The Morgan fingerprint density at radius 2 is 2.18 bits per heavy atom. The lowest BCUT2D eigenvalue weighted by Gasteiger charge is -2.22. The molecule has 2 rings (SSSR count). The molecule has 1 aliphatic heterocycles. The van der Waals surface area contributed by atoms with Crippen LogP contribution in [-0.2, 0) is 4.74 Å². The normalized spacial score (nSPS) is 16.8. The van der Waals surface area contributed by atoms with E-state index in [9.17, 15) is 4.79 Å². The molecule has 0 radical (unpaired) electrons. The van der Waals surface area contributed by atoms with Gasteiger partial charge in [-0.25, -0.2) is 0 Å². The van der Waals surface area contributed by atoms with Gasteiger partial charge < -0.3 is 9.47 Å². The number of hydrogen-bond acceptors (Lipinski definition) is 3. The van der Waals surface area contributed by atoms with E-state index in [1.54, 1.807) is 6.07 Å². The summed E-state index contributed by atoms with van der Waals surface area (Å²) in [4.78, 5) is 10.9. The number of hydrogen-bond donors (Lipinski definition) is 0. The van der Waals surface area contributed by atoms with E-state index in [2.05, 4.69) is 0 Å². The fourth-order valence-corrected chi connectivity index (χ4v) is 2.08. The molecule has 1 aliphatic rings. The summed E-state index contributed by atoms with van der Waals surface area (Å²) in [5.74, 6) is 1.27. The van der Waals surface area contributed by atoms with E-state index in [1.807, 2.05) is 19.1 Å². The first-order valence-electron chi connectivity index (χ1n) is 6.06. The zero-order valence-corrected chi connectivity index (χ0v) is 10.1. The fourth-order valence-electron chi connectivity index (χ4n) is 2.08. The third kappa shape index (κ3) is 3.07. The number of ether oxygens (including phenoxy) is 2. The number of para-hydroxylation sites is 1. The first-order valence-corrected chi connectivity index (χ1v) is 6.06. The quantitative estimate of drug-likeness (QED) is 0.751. The molecular weight excluding hydrogens is 216 g/mol. The number of aldehydes is 1. The van der Waals surface area contributed by atoms with E-state index < -0.39 is 0 Å². The number of carbonyl (C=O) groups is 1. The molecule has 1 heterocycles. The van der Waals surface area contributed by atoms with Crippen molar-refractivity contribution in [1.82, 2.24) is 0 Å². The minimum absolute atomic E-state index is 0.544. The van der Waals surface area contributed by atoms with Crippen LogP contribution >= 0.6 is 0 Å². The minimum atomic E-state index is 0.544. The molecule has 0 spiro atoms. The lowest BCUT2D eigenvalue weighted by Crippen LogP contribution is -2.21. The highest BCUT2D eigenvalue weighted by atomic mass is 16.5. The molecule has 0 bridgehead atoms. The molecule has 0 atom stereocenters. The summed E-state index contributed by atoms with van der Waals surface area (Å²) >= 11 is 0. The maximum Gasteiger partial charge on any atom is 0.153 e. The topological polar surface area (TPSA) is 35.5 Å². The van der Waals surface area contributed by atoms with Gasteiger partial charge in [0.2, 0.25) is 0 Å². The molecule has 3 nitrogen and oxygen atoms in total. The molecule has 17 heavy (non-hydrogen) atoms. The van der Waals surface area contributed by atoms with Gasteiger partial charge in [0.05, 0.1) is 12.2 Å². The Morgan fingerprint density at radius 1 is 1.41 bits per heavy atom. The van der Waals surface area contributed by atoms with Gasteiger partial charge in [-0.15, -0.1) is 0 Å². The Morgan fingerprint density at radius 3 is 2.88 bits per heavy atom. The SMILES string of the molecule is Cc1cccc(C=O)c1OCC1CCOCC1. The Hall–Kier alpha value is -1.35. The second-order valence-electron chi connectivity index (χ2n) is 4.48. The van der Waals surface area contributed by atoms with Crippen LogP contribution in [0.25, 0.3) is 0 Å². The van der Waals surface area contributed by atoms with Crippen LogP contribution in [0.4, 0.5) is 0 Å². The van der Waals surface area contributed by atoms with Crippen molar-refractivity contribution in [3.63, 3.8) is 0 Å². The van der Waals surface area contributed by atoms with Gasteiger partial charge in [0.25, 0.3) is 0 Å². The van der Waals surface area contributed by atoms with E-state index in [4.69, 9.17) is 9.47 Å². The predicted molar refractivity (Wildman–Crippen MR) is 65.6 cm³/mol. The summed E-state index contributed by atoms with van der Waals surface area (Å²) in [5.41, 5.74) is 1.65. The molecule has 3 heteroatoms. The van der Waals surface area contributed by atoms with Gasteiger partial charge in [-0.2, -0.15) is 0 Å². The maximum atomic E-state index is 10.9. The molecule has 0 unspecified atom stereocenters. The van der Waals surface area contributed by atoms with Crippen LogP contribution in [0.2, 0.25) is 0 Å². The lowest BCUT2D eigenvalue weighted by molar-refractivity contribution is 0.0495. The minimum Gasteiger partial charge on any atom is -0.492 e. The molecule has 1 saturated heterocycles. The van der Waals surface area contributed by atoms with E-state index >= 15 is 0 Å². The largest absolute Gasteiger partial charge is 0.492 e. The molecule has 1 fully saturated rings. The standard InChI is InChI=1S/C14H18O3/c1-11-3-2-4-13(9-15)14(11)17-10-12-5-7-16-8-6-12/h2-4,9,12H,5-8,10H2,1H3. The Bertz CT molecular complexity index is 381. The highest BCUT2D eigenvalue weighted by Crippen LogP contribution is 2.24. The van der Waals surface area contributed by atoms with Gasteiger partial charge in [0.15, 0.2) is 6.29 Å². The van der Waals surface area contributed by atoms with Gasteiger partial charge in [-0.1, -0.05) is 12.1 Å². The van der Waals surface area contributed by atoms with Gasteiger partial charge in [0, 0.05) is 13.2 Å². The summed E-state index contributed by atoms with van der Waals surface area (Å²) in [6, 6.07) is 5.63. The van der Waals surface area contributed by atoms with Crippen molar-refractivity contribution >= 4 is 6.29 Å². The fraction of sp³-hybridized carbons (Fsp3) is 0.500. The van der Waals surface area contributed by atoms with Crippen molar-refractivity contribution in [2.45, 2.75) is 19.8 Å². The smallest absolute Gasteiger partial charge is 0.153 e. The van der Waals surface area contributed by atoms with Crippen molar-refractivity contribution in [2.24, 2.45) is 5.92 Å². The summed E-state index contributed by atoms with van der Waals surface area (Å²) in [7, 11) is 0. The first kappa shape index (κ1) is 12.1. The monoisotopic (exact) mass is 234 g/mol. The van der Waals surface area contributed by atoms with Crippen molar-refractivity contribution in [1.29, 1.82) is 0 Å². The third-order valence-electron chi connectivity index (χ3n) is 3.17. The van der Waals surface area contributed by atoms with Crippen LogP contribution in [0.15, 0.2) is 18.2 Å². The van der Waals surface area contributed by atoms with E-state index in [1.165, 1.54) is 0 Å².